The Morgan fingerprint density at radius 3 is 2.52 bits per heavy atom. The molecule has 4 rings (SSSR count). The highest BCUT2D eigenvalue weighted by atomic mass is 16.2. The standard InChI is InChI=1S/C23H25N3O3/c1-14-6-4-7-15(2)20(14)24-19(27)13-26-21(28)23(3,25-22(26)29)18-11-10-16-8-5-9-17(16)12-18/h4,6-7,10-12H,5,8-9,13H2,1-3H3,(H,24,27)(H,25,29). The van der Waals surface area contributed by atoms with Crippen LogP contribution in [0, 0.1) is 13.8 Å². The molecule has 2 aliphatic rings. The van der Waals surface area contributed by atoms with Gasteiger partial charge in [0, 0.05) is 5.69 Å². The predicted molar refractivity (Wildman–Crippen MR) is 111 cm³/mol. The maximum absolute atomic E-state index is 13.1. The zero-order valence-electron chi connectivity index (χ0n) is 17.0. The number of hydrogen-bond donors (Lipinski definition) is 2. The van der Waals surface area contributed by atoms with Crippen molar-refractivity contribution < 1.29 is 14.4 Å². The molecule has 6 nitrogen and oxygen atoms in total. The summed E-state index contributed by atoms with van der Waals surface area (Å²) in [6.45, 7) is 5.19. The molecule has 1 saturated heterocycles. The van der Waals surface area contributed by atoms with Gasteiger partial charge < -0.3 is 10.6 Å². The summed E-state index contributed by atoms with van der Waals surface area (Å²) < 4.78 is 0. The van der Waals surface area contributed by atoms with Crippen LogP contribution in [0.25, 0.3) is 0 Å². The van der Waals surface area contributed by atoms with Crippen molar-refractivity contribution in [1.82, 2.24) is 10.2 Å². The van der Waals surface area contributed by atoms with Gasteiger partial charge in [0.25, 0.3) is 5.91 Å². The summed E-state index contributed by atoms with van der Waals surface area (Å²) in [4.78, 5) is 39.2. The largest absolute Gasteiger partial charge is 0.325 e. The van der Waals surface area contributed by atoms with Crippen LogP contribution >= 0.6 is 0 Å². The second-order valence-electron chi connectivity index (χ2n) is 8.10. The number of imide groups is 1. The van der Waals surface area contributed by atoms with E-state index in [0.29, 0.717) is 5.69 Å². The fourth-order valence-corrected chi connectivity index (χ4v) is 4.25. The summed E-state index contributed by atoms with van der Waals surface area (Å²) in [6.07, 6.45) is 3.15. The molecule has 6 heteroatoms. The van der Waals surface area contributed by atoms with Crippen LogP contribution < -0.4 is 10.6 Å². The Morgan fingerprint density at radius 2 is 1.79 bits per heavy atom. The minimum absolute atomic E-state index is 0.320. The second kappa shape index (κ2) is 7.03. The number of hydrogen-bond acceptors (Lipinski definition) is 3. The zero-order valence-corrected chi connectivity index (χ0v) is 17.0. The minimum atomic E-state index is -1.16. The average molecular weight is 391 g/mol. The summed E-state index contributed by atoms with van der Waals surface area (Å²) in [5, 5.41) is 5.62. The van der Waals surface area contributed by atoms with Gasteiger partial charge in [-0.2, -0.15) is 0 Å². The van der Waals surface area contributed by atoms with E-state index in [1.165, 1.54) is 11.1 Å². The number of rotatable bonds is 4. The Labute approximate surface area is 170 Å². The summed E-state index contributed by atoms with van der Waals surface area (Å²) in [6, 6.07) is 11.1. The normalized spacial score (nSPS) is 20.6. The van der Waals surface area contributed by atoms with Crippen molar-refractivity contribution in [1.29, 1.82) is 0 Å². The van der Waals surface area contributed by atoms with Crippen molar-refractivity contribution in [2.75, 3.05) is 11.9 Å². The van der Waals surface area contributed by atoms with E-state index in [0.717, 1.165) is 40.9 Å². The Bertz CT molecular complexity index is 1010. The number of para-hydroxylation sites is 1. The topological polar surface area (TPSA) is 78.5 Å². The smallest absolute Gasteiger partial charge is 0.324 e. The van der Waals surface area contributed by atoms with Crippen LogP contribution in [0.4, 0.5) is 10.5 Å². The van der Waals surface area contributed by atoms with E-state index in [1.807, 2.05) is 50.2 Å². The number of nitrogens with zero attached hydrogens (tertiary/aromatic N) is 1. The SMILES string of the molecule is Cc1cccc(C)c1NC(=O)CN1C(=O)NC(C)(c2ccc3c(c2)CCC3)C1=O. The highest BCUT2D eigenvalue weighted by molar-refractivity contribution is 6.10. The number of carbonyl (C=O) groups excluding carboxylic acids is 3. The Kier molecular flexibility index (Phi) is 4.65. The number of fused-ring (bicyclic) bond motifs is 1. The quantitative estimate of drug-likeness (QED) is 0.786. The molecule has 1 fully saturated rings. The number of amides is 4. The number of benzene rings is 2. The first-order valence-corrected chi connectivity index (χ1v) is 9.92. The molecule has 1 heterocycles. The molecule has 1 unspecified atom stereocenters. The number of anilines is 1. The molecule has 0 bridgehead atoms. The van der Waals surface area contributed by atoms with Gasteiger partial charge in [0.05, 0.1) is 0 Å². The third kappa shape index (κ3) is 3.28. The Balaban J connectivity index is 1.53. The van der Waals surface area contributed by atoms with Crippen molar-refractivity contribution in [3.8, 4) is 0 Å². The van der Waals surface area contributed by atoms with Gasteiger partial charge in [0.15, 0.2) is 0 Å². The van der Waals surface area contributed by atoms with Gasteiger partial charge in [0.2, 0.25) is 5.91 Å². The molecule has 2 aromatic carbocycles. The summed E-state index contributed by atoms with van der Waals surface area (Å²) in [7, 11) is 0. The van der Waals surface area contributed by atoms with Gasteiger partial charge in [-0.25, -0.2) is 4.79 Å². The Morgan fingerprint density at radius 1 is 1.10 bits per heavy atom. The number of nitrogens with one attached hydrogen (secondary N) is 2. The van der Waals surface area contributed by atoms with Crippen LogP contribution in [0.3, 0.4) is 0 Å². The van der Waals surface area contributed by atoms with Crippen LogP contribution in [0.2, 0.25) is 0 Å². The van der Waals surface area contributed by atoms with Crippen molar-refractivity contribution in [2.45, 2.75) is 45.6 Å². The summed E-state index contributed by atoms with van der Waals surface area (Å²) in [5.41, 5.74) is 4.71. The van der Waals surface area contributed by atoms with Gasteiger partial charge in [-0.05, 0) is 67.9 Å². The van der Waals surface area contributed by atoms with Crippen molar-refractivity contribution in [3.63, 3.8) is 0 Å². The van der Waals surface area contributed by atoms with E-state index >= 15 is 0 Å². The first-order chi connectivity index (χ1) is 13.8. The van der Waals surface area contributed by atoms with Crippen molar-refractivity contribution >= 4 is 23.5 Å². The van der Waals surface area contributed by atoms with E-state index in [2.05, 4.69) is 10.6 Å². The number of urea groups is 1. The van der Waals surface area contributed by atoms with Gasteiger partial charge in [-0.15, -0.1) is 0 Å². The third-order valence-electron chi connectivity index (χ3n) is 6.00. The highest BCUT2D eigenvalue weighted by Gasteiger charge is 2.49. The zero-order chi connectivity index (χ0) is 20.8. The molecular weight excluding hydrogens is 366 g/mol. The summed E-state index contributed by atoms with van der Waals surface area (Å²) >= 11 is 0. The molecule has 0 aromatic heterocycles. The number of carbonyl (C=O) groups is 3. The summed E-state index contributed by atoms with van der Waals surface area (Å²) in [5.74, 6) is -0.804. The first kappa shape index (κ1) is 19.2. The lowest BCUT2D eigenvalue weighted by Crippen LogP contribution is -2.42. The predicted octanol–water partition coefficient (Wildman–Crippen LogP) is 3.20. The number of aryl methyl sites for hydroxylation is 4. The molecule has 1 atom stereocenters. The van der Waals surface area contributed by atoms with Gasteiger partial charge >= 0.3 is 6.03 Å². The molecule has 0 radical (unpaired) electrons. The maximum Gasteiger partial charge on any atom is 0.325 e. The van der Waals surface area contributed by atoms with Crippen LogP contribution in [-0.4, -0.2) is 29.3 Å². The maximum atomic E-state index is 13.1. The molecule has 2 N–H and O–H groups in total. The monoisotopic (exact) mass is 391 g/mol. The molecule has 0 spiro atoms. The molecule has 4 amide bonds. The molecule has 2 aromatic rings. The lowest BCUT2D eigenvalue weighted by molar-refractivity contribution is -0.133. The average Bonchev–Trinajstić information content (AvgIpc) is 3.23. The van der Waals surface area contributed by atoms with E-state index < -0.39 is 23.4 Å². The van der Waals surface area contributed by atoms with Gasteiger partial charge in [0.1, 0.15) is 12.1 Å². The van der Waals surface area contributed by atoms with Crippen molar-refractivity contribution in [3.05, 3.63) is 64.2 Å². The van der Waals surface area contributed by atoms with E-state index in [1.54, 1.807) is 6.92 Å². The molecule has 0 saturated carbocycles. The van der Waals surface area contributed by atoms with E-state index in [-0.39, 0.29) is 6.54 Å². The highest BCUT2D eigenvalue weighted by Crippen LogP contribution is 2.32. The van der Waals surface area contributed by atoms with Crippen LogP contribution in [0.5, 0.6) is 0 Å². The fourth-order valence-electron chi connectivity index (χ4n) is 4.25. The van der Waals surface area contributed by atoms with Crippen molar-refractivity contribution in [2.24, 2.45) is 0 Å². The van der Waals surface area contributed by atoms with Crippen LogP contribution in [-0.2, 0) is 28.0 Å². The third-order valence-corrected chi connectivity index (χ3v) is 6.00. The molecular formula is C23H25N3O3. The Hall–Kier alpha value is -3.15. The minimum Gasteiger partial charge on any atom is -0.324 e. The van der Waals surface area contributed by atoms with Gasteiger partial charge in [-0.3, -0.25) is 14.5 Å². The molecule has 1 aliphatic carbocycles. The molecule has 1 aliphatic heterocycles. The fraction of sp³-hybridized carbons (Fsp3) is 0.348. The van der Waals surface area contributed by atoms with Gasteiger partial charge in [-0.1, -0.05) is 36.4 Å². The molecule has 29 heavy (non-hydrogen) atoms. The van der Waals surface area contributed by atoms with Crippen LogP contribution in [0.15, 0.2) is 36.4 Å². The van der Waals surface area contributed by atoms with E-state index in [9.17, 15) is 14.4 Å². The molecule has 150 valence electrons. The second-order valence-corrected chi connectivity index (χ2v) is 8.10. The lowest BCUT2D eigenvalue weighted by Gasteiger charge is -2.23. The van der Waals surface area contributed by atoms with E-state index in [4.69, 9.17) is 0 Å². The lowest BCUT2D eigenvalue weighted by atomic mass is 9.89. The first-order valence-electron chi connectivity index (χ1n) is 9.92. The van der Waals surface area contributed by atoms with Crippen LogP contribution in [0.1, 0.15) is 41.2 Å².